The average molecular weight is 571 g/mol. The lowest BCUT2D eigenvalue weighted by atomic mass is 10.00. The van der Waals surface area contributed by atoms with Gasteiger partial charge in [0.05, 0.1) is 24.5 Å². The Morgan fingerprint density at radius 1 is 1.00 bits per heavy atom. The molecule has 0 bridgehead atoms. The molecule has 0 aromatic heterocycles. The summed E-state index contributed by atoms with van der Waals surface area (Å²) in [7, 11) is -3.39. The van der Waals surface area contributed by atoms with Gasteiger partial charge in [0, 0.05) is 12.7 Å². The lowest BCUT2D eigenvalue weighted by Crippen LogP contribution is -2.50. The second-order valence-electron chi connectivity index (χ2n) is 11.1. The molecule has 1 rings (SSSR count). The highest BCUT2D eigenvalue weighted by molar-refractivity contribution is 7.90. The largest absolute Gasteiger partial charge is 0.461 e. The minimum Gasteiger partial charge on any atom is -0.461 e. The topological polar surface area (TPSA) is 137 Å². The molecule has 0 aliphatic carbocycles. The highest BCUT2D eigenvalue weighted by Gasteiger charge is 2.30. The number of esters is 1. The molecule has 0 radical (unpaired) electrons. The number of sulfone groups is 1. The normalized spacial score (nSPS) is 15.1. The number of alkyl carbamates (subject to hydrolysis) is 1. The molecule has 0 heterocycles. The van der Waals surface area contributed by atoms with Crippen molar-refractivity contribution in [3.8, 4) is 0 Å². The summed E-state index contributed by atoms with van der Waals surface area (Å²) in [5.74, 6) is -1.59. The minimum absolute atomic E-state index is 0.0153. The van der Waals surface area contributed by atoms with Crippen molar-refractivity contribution in [2.45, 2.75) is 97.6 Å². The van der Waals surface area contributed by atoms with Gasteiger partial charge in [-0.15, -0.1) is 0 Å². The highest BCUT2D eigenvalue weighted by atomic mass is 32.2. The zero-order valence-electron chi connectivity index (χ0n) is 24.5. The number of amides is 2. The maximum absolute atomic E-state index is 13.4. The van der Waals surface area contributed by atoms with Crippen LogP contribution < -0.4 is 10.6 Å². The molecule has 2 amide bonds. The van der Waals surface area contributed by atoms with E-state index >= 15 is 0 Å². The number of hydrogen-bond donors (Lipinski definition) is 2. The summed E-state index contributed by atoms with van der Waals surface area (Å²) in [5, 5.41) is 5.48. The summed E-state index contributed by atoms with van der Waals surface area (Å²) < 4.78 is 40.2. The molecular weight excluding hydrogens is 524 g/mol. The Morgan fingerprint density at radius 2 is 1.62 bits per heavy atom. The second kappa shape index (κ2) is 15.8. The van der Waals surface area contributed by atoms with Gasteiger partial charge in [-0.1, -0.05) is 50.6 Å². The molecule has 0 saturated heterocycles. The summed E-state index contributed by atoms with van der Waals surface area (Å²) in [6, 6.07) is 7.62. The summed E-state index contributed by atoms with van der Waals surface area (Å²) in [6.45, 7) is 12.6. The van der Waals surface area contributed by atoms with Crippen LogP contribution >= 0.6 is 0 Å². The maximum Gasteiger partial charge on any atom is 0.407 e. The molecule has 1 aromatic carbocycles. The summed E-state index contributed by atoms with van der Waals surface area (Å²) in [4.78, 5) is 38.6. The number of benzene rings is 1. The number of hydrogen-bond acceptors (Lipinski definition) is 8. The Labute approximate surface area is 233 Å². The van der Waals surface area contributed by atoms with Crippen molar-refractivity contribution in [2.24, 2.45) is 5.92 Å². The zero-order valence-corrected chi connectivity index (χ0v) is 25.3. The number of rotatable bonds is 15. The Morgan fingerprint density at radius 3 is 2.13 bits per heavy atom. The van der Waals surface area contributed by atoms with Crippen LogP contribution in [0.3, 0.4) is 0 Å². The fourth-order valence-corrected chi connectivity index (χ4v) is 4.19. The number of nitrogens with one attached hydrogen (secondary N) is 2. The molecule has 0 aliphatic heterocycles. The second-order valence-corrected chi connectivity index (χ2v) is 13.4. The van der Waals surface area contributed by atoms with Crippen LogP contribution in [0.4, 0.5) is 4.79 Å². The quantitative estimate of drug-likeness (QED) is 0.306. The molecule has 0 fully saturated rings. The molecule has 222 valence electrons. The van der Waals surface area contributed by atoms with Crippen molar-refractivity contribution in [1.82, 2.24) is 10.6 Å². The van der Waals surface area contributed by atoms with Gasteiger partial charge in [0.15, 0.2) is 0 Å². The van der Waals surface area contributed by atoms with Crippen molar-refractivity contribution in [3.63, 3.8) is 0 Å². The zero-order chi connectivity index (χ0) is 29.8. The van der Waals surface area contributed by atoms with Crippen LogP contribution in [0.1, 0.15) is 66.9 Å². The van der Waals surface area contributed by atoms with Gasteiger partial charge >= 0.3 is 12.1 Å². The van der Waals surface area contributed by atoms with Crippen LogP contribution in [-0.4, -0.2) is 74.9 Å². The molecule has 1 aromatic rings. The first-order valence-corrected chi connectivity index (χ1v) is 15.4. The van der Waals surface area contributed by atoms with Crippen LogP contribution in [0.2, 0.25) is 0 Å². The molecule has 11 heteroatoms. The molecule has 39 heavy (non-hydrogen) atoms. The van der Waals surface area contributed by atoms with Crippen molar-refractivity contribution < 1.29 is 37.0 Å². The van der Waals surface area contributed by atoms with E-state index in [1.807, 2.05) is 44.2 Å². The van der Waals surface area contributed by atoms with E-state index in [2.05, 4.69) is 10.6 Å². The van der Waals surface area contributed by atoms with E-state index in [9.17, 15) is 22.8 Å². The summed E-state index contributed by atoms with van der Waals surface area (Å²) in [5.41, 5.74) is 0.155. The number of carbonyl (C=O) groups excluding carboxylic acids is 3. The first-order valence-electron chi connectivity index (χ1n) is 13.3. The van der Waals surface area contributed by atoms with E-state index in [0.29, 0.717) is 0 Å². The van der Waals surface area contributed by atoms with Gasteiger partial charge in [0.25, 0.3) is 0 Å². The first kappa shape index (κ1) is 34.4. The van der Waals surface area contributed by atoms with Crippen LogP contribution in [0, 0.1) is 5.92 Å². The van der Waals surface area contributed by atoms with Gasteiger partial charge in [-0.25, -0.2) is 18.0 Å². The predicted molar refractivity (Wildman–Crippen MR) is 150 cm³/mol. The lowest BCUT2D eigenvalue weighted by molar-refractivity contribution is -0.153. The fourth-order valence-electron chi connectivity index (χ4n) is 3.53. The third-order valence-electron chi connectivity index (χ3n) is 5.80. The minimum atomic E-state index is -3.39. The number of ether oxygens (including phenoxy) is 3. The Kier molecular flexibility index (Phi) is 13.9. The third-order valence-corrected chi connectivity index (χ3v) is 6.77. The van der Waals surface area contributed by atoms with Crippen LogP contribution in [0.25, 0.3) is 0 Å². The SMILES string of the molecule is CC[C@H](C)[C@@H](CO[C@H](Cc1ccccc1)C(=O)N[C@@H](CCS(C)(=O)=O)C(=O)OC(C)C)NC(=O)OC(C)(C)C. The highest BCUT2D eigenvalue weighted by Crippen LogP contribution is 2.14. The molecule has 2 N–H and O–H groups in total. The monoisotopic (exact) mass is 570 g/mol. The molecule has 0 spiro atoms. The van der Waals surface area contributed by atoms with E-state index in [0.717, 1.165) is 18.2 Å². The van der Waals surface area contributed by atoms with E-state index in [-0.39, 0.29) is 31.1 Å². The van der Waals surface area contributed by atoms with Crippen molar-refractivity contribution in [2.75, 3.05) is 18.6 Å². The Bertz CT molecular complexity index is 1020. The van der Waals surface area contributed by atoms with E-state index in [1.54, 1.807) is 34.6 Å². The van der Waals surface area contributed by atoms with E-state index < -0.39 is 57.7 Å². The fraction of sp³-hybridized carbons (Fsp3) is 0.679. The van der Waals surface area contributed by atoms with Crippen LogP contribution in [0.5, 0.6) is 0 Å². The van der Waals surface area contributed by atoms with Crippen LogP contribution in [-0.2, 0) is 40.1 Å². The molecule has 4 atom stereocenters. The van der Waals surface area contributed by atoms with Gasteiger partial charge in [0.2, 0.25) is 5.91 Å². The van der Waals surface area contributed by atoms with Crippen molar-refractivity contribution in [1.29, 1.82) is 0 Å². The van der Waals surface area contributed by atoms with Gasteiger partial charge in [-0.05, 0) is 52.5 Å². The predicted octanol–water partition coefficient (Wildman–Crippen LogP) is 3.42. The lowest BCUT2D eigenvalue weighted by Gasteiger charge is -2.29. The van der Waals surface area contributed by atoms with Gasteiger partial charge in [0.1, 0.15) is 27.6 Å². The first-order chi connectivity index (χ1) is 18.0. The van der Waals surface area contributed by atoms with Crippen molar-refractivity contribution in [3.05, 3.63) is 35.9 Å². The van der Waals surface area contributed by atoms with Gasteiger partial charge < -0.3 is 24.8 Å². The van der Waals surface area contributed by atoms with Gasteiger partial charge in [-0.3, -0.25) is 4.79 Å². The standard InChI is InChI=1S/C28H46N2O8S/c1-9-20(4)23(30-27(33)38-28(5,6)7)18-36-24(17-21-13-11-10-12-14-21)25(31)29-22(15-16-39(8,34)35)26(32)37-19(2)3/h10-14,19-20,22-24H,9,15-18H2,1-8H3,(H,29,31)(H,30,33)/t20-,22-,23+,24+/m0/s1. The number of carbonyl (C=O) groups is 3. The molecule has 0 unspecified atom stereocenters. The van der Waals surface area contributed by atoms with Gasteiger partial charge in [-0.2, -0.15) is 0 Å². The van der Waals surface area contributed by atoms with Crippen LogP contribution in [0.15, 0.2) is 30.3 Å². The summed E-state index contributed by atoms with van der Waals surface area (Å²) in [6.07, 6.45) is -0.179. The van der Waals surface area contributed by atoms with E-state index in [4.69, 9.17) is 14.2 Å². The molecule has 0 aliphatic rings. The Balaban J connectivity index is 3.14. The molecule has 10 nitrogen and oxygen atoms in total. The molecular formula is C28H46N2O8S. The third kappa shape index (κ3) is 14.9. The van der Waals surface area contributed by atoms with E-state index in [1.165, 1.54) is 0 Å². The Hall–Kier alpha value is -2.66. The maximum atomic E-state index is 13.4. The average Bonchev–Trinajstić information content (AvgIpc) is 2.81. The smallest absolute Gasteiger partial charge is 0.407 e. The molecule has 0 saturated carbocycles. The van der Waals surface area contributed by atoms with Crippen molar-refractivity contribution >= 4 is 27.8 Å². The summed E-state index contributed by atoms with van der Waals surface area (Å²) >= 11 is 0.